The summed E-state index contributed by atoms with van der Waals surface area (Å²) >= 11 is 0. The molecule has 1 aromatic carbocycles. The van der Waals surface area contributed by atoms with Crippen molar-refractivity contribution in [2.45, 2.75) is 13.8 Å². The number of carbonyl (C=O) groups is 2. The van der Waals surface area contributed by atoms with Crippen LogP contribution in [0.15, 0.2) is 18.2 Å². The number of nitrogens with zero attached hydrogens (tertiary/aromatic N) is 1. The summed E-state index contributed by atoms with van der Waals surface area (Å²) in [6, 6.07) is 3.57. The molecular weight excluding hydrogens is 260 g/mol. The molecule has 1 heterocycles. The minimum atomic E-state index is -1.12. The second-order valence-electron chi connectivity index (χ2n) is 5.33. The highest BCUT2D eigenvalue weighted by molar-refractivity contribution is 5.93. The average Bonchev–Trinajstić information content (AvgIpc) is 2.72. The van der Waals surface area contributed by atoms with E-state index in [2.05, 4.69) is 19.2 Å². The highest BCUT2D eigenvalue weighted by Crippen LogP contribution is 2.27. The number of carboxylic acids is 1. The summed E-state index contributed by atoms with van der Waals surface area (Å²) in [5.74, 6) is -0.480. The molecule has 2 rings (SSSR count). The van der Waals surface area contributed by atoms with E-state index >= 15 is 0 Å². The van der Waals surface area contributed by atoms with Gasteiger partial charge in [0.15, 0.2) is 0 Å². The molecule has 2 atom stereocenters. The number of hydrogen-bond acceptors (Lipinski definition) is 3. The van der Waals surface area contributed by atoms with E-state index in [0.717, 1.165) is 6.07 Å². The van der Waals surface area contributed by atoms with E-state index in [-0.39, 0.29) is 23.0 Å². The molecule has 1 saturated heterocycles. The Hall–Kier alpha value is -2.24. The number of phenolic OH excluding ortho intramolecular Hbond substituents is 1. The molecule has 1 aliphatic rings. The lowest BCUT2D eigenvalue weighted by Crippen LogP contribution is -2.33. The molecule has 1 aliphatic heterocycles. The molecule has 0 spiro atoms. The summed E-state index contributed by atoms with van der Waals surface area (Å²) in [7, 11) is 0. The zero-order valence-corrected chi connectivity index (χ0v) is 11.5. The normalized spacial score (nSPS) is 21.8. The highest BCUT2D eigenvalue weighted by atomic mass is 16.4. The van der Waals surface area contributed by atoms with Gasteiger partial charge in [-0.2, -0.15) is 0 Å². The van der Waals surface area contributed by atoms with Crippen LogP contribution in [0.2, 0.25) is 0 Å². The summed E-state index contributed by atoms with van der Waals surface area (Å²) in [6.07, 6.45) is 0. The van der Waals surface area contributed by atoms with Crippen LogP contribution in [0.5, 0.6) is 5.75 Å². The Morgan fingerprint density at radius 1 is 1.25 bits per heavy atom. The number of benzene rings is 1. The van der Waals surface area contributed by atoms with Gasteiger partial charge in [0.25, 0.3) is 0 Å². The number of aromatic hydroxyl groups is 1. The zero-order chi connectivity index (χ0) is 14.9. The number of phenols is 1. The van der Waals surface area contributed by atoms with Gasteiger partial charge in [0.2, 0.25) is 0 Å². The summed E-state index contributed by atoms with van der Waals surface area (Å²) in [5.41, 5.74) is 0.191. The summed E-state index contributed by atoms with van der Waals surface area (Å²) in [5, 5.41) is 21.1. The third-order valence-electron chi connectivity index (χ3n) is 3.76. The lowest BCUT2D eigenvalue weighted by Gasteiger charge is -2.17. The predicted octanol–water partition coefficient (Wildman–Crippen LogP) is 2.21. The SMILES string of the molecule is CC1CN(C(=O)Nc2ccc(C(=O)O)cc2O)CC1C. The van der Waals surface area contributed by atoms with Gasteiger partial charge in [-0.25, -0.2) is 9.59 Å². The van der Waals surface area contributed by atoms with Crippen molar-refractivity contribution in [1.29, 1.82) is 0 Å². The van der Waals surface area contributed by atoms with Crippen molar-refractivity contribution in [1.82, 2.24) is 4.90 Å². The van der Waals surface area contributed by atoms with Crippen molar-refractivity contribution in [2.75, 3.05) is 18.4 Å². The van der Waals surface area contributed by atoms with Gasteiger partial charge in [0.1, 0.15) is 5.75 Å². The number of anilines is 1. The smallest absolute Gasteiger partial charge is 0.335 e. The number of carboxylic acid groups (broad SMARTS) is 1. The van der Waals surface area contributed by atoms with Crippen molar-refractivity contribution in [3.8, 4) is 5.75 Å². The van der Waals surface area contributed by atoms with Crippen molar-refractivity contribution >= 4 is 17.7 Å². The fraction of sp³-hybridized carbons (Fsp3) is 0.429. The fourth-order valence-electron chi connectivity index (χ4n) is 2.26. The van der Waals surface area contributed by atoms with Gasteiger partial charge >= 0.3 is 12.0 Å². The minimum absolute atomic E-state index is 0.0242. The molecule has 6 nitrogen and oxygen atoms in total. The molecule has 1 aromatic rings. The van der Waals surface area contributed by atoms with Crippen LogP contribution >= 0.6 is 0 Å². The predicted molar refractivity (Wildman–Crippen MR) is 74.0 cm³/mol. The van der Waals surface area contributed by atoms with Gasteiger partial charge in [-0.3, -0.25) is 0 Å². The number of aromatic carboxylic acids is 1. The largest absolute Gasteiger partial charge is 0.506 e. The van der Waals surface area contributed by atoms with Gasteiger partial charge in [0.05, 0.1) is 11.3 Å². The molecule has 2 amide bonds. The first-order valence-electron chi connectivity index (χ1n) is 6.50. The maximum Gasteiger partial charge on any atom is 0.335 e. The van der Waals surface area contributed by atoms with Crippen LogP contribution in [0.4, 0.5) is 10.5 Å². The molecule has 0 aliphatic carbocycles. The Morgan fingerprint density at radius 3 is 2.35 bits per heavy atom. The van der Waals surface area contributed by atoms with Crippen LogP contribution in [-0.2, 0) is 0 Å². The molecule has 108 valence electrons. The highest BCUT2D eigenvalue weighted by Gasteiger charge is 2.29. The first-order chi connectivity index (χ1) is 9.38. The van der Waals surface area contributed by atoms with Gasteiger partial charge in [-0.05, 0) is 30.0 Å². The number of rotatable bonds is 2. The summed E-state index contributed by atoms with van der Waals surface area (Å²) in [4.78, 5) is 24.5. The van der Waals surface area contributed by atoms with Crippen LogP contribution in [0.3, 0.4) is 0 Å². The number of amides is 2. The van der Waals surface area contributed by atoms with Gasteiger partial charge in [-0.15, -0.1) is 0 Å². The maximum absolute atomic E-state index is 12.1. The lowest BCUT2D eigenvalue weighted by atomic mass is 10.0. The van der Waals surface area contributed by atoms with E-state index in [1.54, 1.807) is 4.90 Å². The Balaban J connectivity index is 2.07. The second-order valence-corrected chi connectivity index (χ2v) is 5.33. The van der Waals surface area contributed by atoms with Crippen LogP contribution in [0.25, 0.3) is 0 Å². The van der Waals surface area contributed by atoms with Crippen LogP contribution < -0.4 is 5.32 Å². The van der Waals surface area contributed by atoms with E-state index in [1.807, 2.05) is 0 Å². The second kappa shape index (κ2) is 5.40. The monoisotopic (exact) mass is 278 g/mol. The number of urea groups is 1. The van der Waals surface area contributed by atoms with E-state index in [0.29, 0.717) is 24.9 Å². The van der Waals surface area contributed by atoms with Crippen LogP contribution in [-0.4, -0.2) is 40.2 Å². The number of carbonyl (C=O) groups excluding carboxylic acids is 1. The standard InChI is InChI=1S/C14H18N2O4/c1-8-6-16(7-9(8)2)14(20)15-11-4-3-10(13(18)19)5-12(11)17/h3-5,8-9,17H,6-7H2,1-2H3,(H,15,20)(H,18,19). The topological polar surface area (TPSA) is 89.9 Å². The van der Waals surface area contributed by atoms with E-state index < -0.39 is 5.97 Å². The quantitative estimate of drug-likeness (QED) is 0.723. The van der Waals surface area contributed by atoms with Gasteiger partial charge < -0.3 is 20.4 Å². The average molecular weight is 278 g/mol. The van der Waals surface area contributed by atoms with E-state index in [1.165, 1.54) is 12.1 Å². The third-order valence-corrected chi connectivity index (χ3v) is 3.76. The minimum Gasteiger partial charge on any atom is -0.506 e. The Labute approximate surface area is 117 Å². The molecular formula is C14H18N2O4. The number of likely N-dealkylation sites (tertiary alicyclic amines) is 1. The molecule has 6 heteroatoms. The summed E-state index contributed by atoms with van der Waals surface area (Å²) < 4.78 is 0. The van der Waals surface area contributed by atoms with E-state index in [9.17, 15) is 14.7 Å². The number of hydrogen-bond donors (Lipinski definition) is 3. The first kappa shape index (κ1) is 14.2. The zero-order valence-electron chi connectivity index (χ0n) is 11.5. The van der Waals surface area contributed by atoms with Crippen molar-refractivity contribution in [3.05, 3.63) is 23.8 Å². The molecule has 3 N–H and O–H groups in total. The lowest BCUT2D eigenvalue weighted by molar-refractivity contribution is 0.0696. The van der Waals surface area contributed by atoms with Crippen LogP contribution in [0.1, 0.15) is 24.2 Å². The molecule has 2 unspecified atom stereocenters. The number of nitrogens with one attached hydrogen (secondary N) is 1. The van der Waals surface area contributed by atoms with E-state index in [4.69, 9.17) is 5.11 Å². The fourth-order valence-corrected chi connectivity index (χ4v) is 2.26. The molecule has 0 saturated carbocycles. The Kier molecular flexibility index (Phi) is 3.83. The van der Waals surface area contributed by atoms with Gasteiger partial charge in [0, 0.05) is 13.1 Å². The van der Waals surface area contributed by atoms with Crippen molar-refractivity contribution in [2.24, 2.45) is 11.8 Å². The van der Waals surface area contributed by atoms with Crippen LogP contribution in [0, 0.1) is 11.8 Å². The first-order valence-corrected chi connectivity index (χ1v) is 6.50. The Bertz CT molecular complexity index is 534. The Morgan fingerprint density at radius 2 is 1.85 bits per heavy atom. The molecule has 1 fully saturated rings. The van der Waals surface area contributed by atoms with Crippen molar-refractivity contribution < 1.29 is 19.8 Å². The third kappa shape index (κ3) is 2.84. The molecule has 0 aromatic heterocycles. The molecule has 20 heavy (non-hydrogen) atoms. The van der Waals surface area contributed by atoms with Gasteiger partial charge in [-0.1, -0.05) is 13.8 Å². The molecule has 0 bridgehead atoms. The maximum atomic E-state index is 12.1. The summed E-state index contributed by atoms with van der Waals surface area (Å²) in [6.45, 7) is 5.55. The molecule has 0 radical (unpaired) electrons. The van der Waals surface area contributed by atoms with Crippen molar-refractivity contribution in [3.63, 3.8) is 0 Å².